The standard InChI is InChI=1S/C15H14N2O.C13H9ClN2.C2H5O.Na/c1-3-18-13-9-10(2)17-15-12(13)7-6-11-5-4-8-16-14(11)15;1-8-7-11(14)10-5-4-9-3-2-6-15-12(9)13(10)16-8;1-2-3;/h4-9H,3H2,1-2H3;2-7H,1H3;2H2,1H3;/q;;-1;+1. The fourth-order valence-corrected chi connectivity index (χ4v) is 4.41. The molecule has 38 heavy (non-hydrogen) atoms. The minimum atomic E-state index is 0. The third-order valence-corrected chi connectivity index (χ3v) is 5.88. The maximum Gasteiger partial charge on any atom is 1.00 e. The summed E-state index contributed by atoms with van der Waals surface area (Å²) in [5, 5.41) is 13.8. The van der Waals surface area contributed by atoms with Gasteiger partial charge >= 0.3 is 29.6 Å². The number of aromatic nitrogens is 4. The second-order valence-corrected chi connectivity index (χ2v) is 8.71. The average molecular weight is 535 g/mol. The van der Waals surface area contributed by atoms with Crippen LogP contribution in [0.25, 0.3) is 43.6 Å². The number of hydrogen-bond donors (Lipinski definition) is 0. The van der Waals surface area contributed by atoms with E-state index in [-0.39, 0.29) is 36.2 Å². The molecule has 0 unspecified atom stereocenters. The number of rotatable bonds is 2. The summed E-state index contributed by atoms with van der Waals surface area (Å²) in [7, 11) is 0. The zero-order valence-electron chi connectivity index (χ0n) is 22.3. The first-order valence-corrected chi connectivity index (χ1v) is 12.5. The summed E-state index contributed by atoms with van der Waals surface area (Å²) in [4.78, 5) is 17.9. The summed E-state index contributed by atoms with van der Waals surface area (Å²) in [5.41, 5.74) is 5.49. The summed E-state index contributed by atoms with van der Waals surface area (Å²) in [6.45, 7) is 8.12. The Hall–Kier alpha value is -2.87. The molecule has 0 spiro atoms. The quantitative estimate of drug-likeness (QED) is 0.249. The minimum Gasteiger partial charge on any atom is -0.855 e. The molecule has 6 aromatic rings. The van der Waals surface area contributed by atoms with Gasteiger partial charge < -0.3 is 9.84 Å². The molecule has 2 aromatic carbocycles. The van der Waals surface area contributed by atoms with Gasteiger partial charge in [0.1, 0.15) is 11.3 Å². The van der Waals surface area contributed by atoms with E-state index in [0.29, 0.717) is 6.61 Å². The predicted octanol–water partition coefficient (Wildman–Crippen LogP) is 3.61. The van der Waals surface area contributed by atoms with Crippen LogP contribution in [0.4, 0.5) is 0 Å². The number of benzene rings is 2. The number of ether oxygens (including phenoxy) is 1. The molecule has 8 heteroatoms. The van der Waals surface area contributed by atoms with Crippen molar-refractivity contribution in [2.75, 3.05) is 13.2 Å². The molecule has 6 rings (SSSR count). The monoisotopic (exact) mass is 534 g/mol. The predicted molar refractivity (Wildman–Crippen MR) is 150 cm³/mol. The van der Waals surface area contributed by atoms with E-state index in [1.807, 2.05) is 69.3 Å². The van der Waals surface area contributed by atoms with Crippen LogP contribution >= 0.6 is 11.6 Å². The van der Waals surface area contributed by atoms with Crippen molar-refractivity contribution in [2.45, 2.75) is 27.7 Å². The van der Waals surface area contributed by atoms with Crippen molar-refractivity contribution >= 4 is 55.2 Å². The van der Waals surface area contributed by atoms with E-state index < -0.39 is 0 Å². The van der Waals surface area contributed by atoms with Crippen LogP contribution in [0, 0.1) is 13.8 Å². The SMILES string of the molecule is CCOc1cc(C)nc2c1ccc1cccnc12.CC[O-].Cc1cc(Cl)c2ccc3cccnc3c2n1.[Na+]. The molecule has 0 fully saturated rings. The van der Waals surface area contributed by atoms with Gasteiger partial charge in [-0.3, -0.25) is 19.9 Å². The van der Waals surface area contributed by atoms with E-state index in [2.05, 4.69) is 32.1 Å². The third kappa shape index (κ3) is 6.57. The van der Waals surface area contributed by atoms with Gasteiger partial charge in [-0.1, -0.05) is 48.9 Å². The van der Waals surface area contributed by atoms with Gasteiger partial charge in [-0.2, -0.15) is 0 Å². The van der Waals surface area contributed by atoms with Crippen molar-refractivity contribution in [1.82, 2.24) is 19.9 Å². The van der Waals surface area contributed by atoms with Crippen LogP contribution in [0.2, 0.25) is 5.02 Å². The van der Waals surface area contributed by atoms with E-state index >= 15 is 0 Å². The van der Waals surface area contributed by atoms with Gasteiger partial charge in [-0.15, -0.1) is 6.61 Å². The maximum absolute atomic E-state index is 8.93. The molecule has 0 bridgehead atoms. The fraction of sp³-hybridized carbons (Fsp3) is 0.200. The van der Waals surface area contributed by atoms with E-state index in [0.717, 1.165) is 65.8 Å². The Morgan fingerprint density at radius 1 is 0.737 bits per heavy atom. The van der Waals surface area contributed by atoms with Crippen LogP contribution in [0.3, 0.4) is 0 Å². The fourth-order valence-electron chi connectivity index (χ4n) is 4.10. The first-order valence-electron chi connectivity index (χ1n) is 12.1. The molecule has 0 N–H and O–H groups in total. The second kappa shape index (κ2) is 13.8. The van der Waals surface area contributed by atoms with Gasteiger partial charge in [0.2, 0.25) is 0 Å². The second-order valence-electron chi connectivity index (χ2n) is 8.30. The smallest absolute Gasteiger partial charge is 0.855 e. The largest absolute Gasteiger partial charge is 1.00 e. The molecule has 0 atom stereocenters. The van der Waals surface area contributed by atoms with Crippen LogP contribution < -0.4 is 39.4 Å². The van der Waals surface area contributed by atoms with E-state index in [9.17, 15) is 0 Å². The maximum atomic E-state index is 8.93. The molecular formula is C30H28ClN4NaO2. The first kappa shape index (κ1) is 29.7. The summed E-state index contributed by atoms with van der Waals surface area (Å²) >= 11 is 6.19. The number of pyridine rings is 4. The van der Waals surface area contributed by atoms with Crippen molar-refractivity contribution < 1.29 is 39.4 Å². The van der Waals surface area contributed by atoms with Gasteiger partial charge in [-0.25, -0.2) is 0 Å². The van der Waals surface area contributed by atoms with Crippen molar-refractivity contribution in [1.29, 1.82) is 0 Å². The molecule has 4 heterocycles. The van der Waals surface area contributed by atoms with Crippen LogP contribution in [-0.4, -0.2) is 33.1 Å². The Morgan fingerprint density at radius 2 is 1.24 bits per heavy atom. The van der Waals surface area contributed by atoms with Gasteiger partial charge in [0.25, 0.3) is 0 Å². The Balaban J connectivity index is 0.000000188. The molecule has 0 aliphatic rings. The normalized spacial score (nSPS) is 10.4. The Morgan fingerprint density at radius 3 is 1.79 bits per heavy atom. The van der Waals surface area contributed by atoms with E-state index in [1.165, 1.54) is 0 Å². The Bertz CT molecular complexity index is 1690. The first-order chi connectivity index (χ1) is 18.0. The topological polar surface area (TPSA) is 83.9 Å². The van der Waals surface area contributed by atoms with Crippen molar-refractivity contribution in [3.63, 3.8) is 0 Å². The number of halogens is 1. The molecular weight excluding hydrogens is 507 g/mol. The zero-order valence-corrected chi connectivity index (χ0v) is 25.1. The van der Waals surface area contributed by atoms with Gasteiger partial charge in [-0.05, 0) is 45.0 Å². The summed E-state index contributed by atoms with van der Waals surface area (Å²) in [6, 6.07) is 19.9. The van der Waals surface area contributed by atoms with Gasteiger partial charge in [0.15, 0.2) is 0 Å². The van der Waals surface area contributed by atoms with Crippen LogP contribution in [-0.2, 0) is 0 Å². The summed E-state index contributed by atoms with van der Waals surface area (Å²) < 4.78 is 5.68. The van der Waals surface area contributed by atoms with E-state index in [1.54, 1.807) is 19.3 Å². The molecule has 0 saturated carbocycles. The van der Waals surface area contributed by atoms with Crippen LogP contribution in [0.15, 0.2) is 73.1 Å². The molecule has 6 nitrogen and oxygen atoms in total. The Labute approximate surface area is 249 Å². The molecule has 0 amide bonds. The summed E-state index contributed by atoms with van der Waals surface area (Å²) in [5.74, 6) is 0.882. The van der Waals surface area contributed by atoms with Crippen LogP contribution in [0.5, 0.6) is 5.75 Å². The molecule has 0 aliphatic heterocycles. The summed E-state index contributed by atoms with van der Waals surface area (Å²) in [6.07, 6.45) is 3.58. The zero-order chi connectivity index (χ0) is 26.4. The van der Waals surface area contributed by atoms with Crippen molar-refractivity contribution in [3.05, 3.63) is 89.5 Å². The number of fused-ring (bicyclic) bond motifs is 6. The molecule has 0 aliphatic carbocycles. The van der Waals surface area contributed by atoms with E-state index in [4.69, 9.17) is 21.4 Å². The molecule has 188 valence electrons. The minimum absolute atomic E-state index is 0. The van der Waals surface area contributed by atoms with Gasteiger partial charge in [0.05, 0.1) is 28.2 Å². The number of hydrogen-bond acceptors (Lipinski definition) is 6. The Kier molecular flexibility index (Phi) is 10.8. The third-order valence-electron chi connectivity index (χ3n) is 5.57. The van der Waals surface area contributed by atoms with Crippen LogP contribution in [0.1, 0.15) is 25.2 Å². The van der Waals surface area contributed by atoms with Crippen molar-refractivity contribution in [3.8, 4) is 5.75 Å². The van der Waals surface area contributed by atoms with Crippen molar-refractivity contribution in [2.24, 2.45) is 0 Å². The molecule has 0 saturated heterocycles. The average Bonchev–Trinajstić information content (AvgIpc) is 2.89. The molecule has 0 radical (unpaired) electrons. The number of aryl methyl sites for hydroxylation is 2. The number of nitrogens with zero attached hydrogens (tertiary/aromatic N) is 4. The van der Waals surface area contributed by atoms with Gasteiger partial charge in [0, 0.05) is 51.4 Å². The molecule has 4 aromatic heterocycles.